The first-order chi connectivity index (χ1) is 15.0. The summed E-state index contributed by atoms with van der Waals surface area (Å²) in [6, 6.07) is 7.61. The van der Waals surface area contributed by atoms with E-state index in [-0.39, 0.29) is 11.7 Å². The van der Waals surface area contributed by atoms with Gasteiger partial charge in [0.1, 0.15) is 11.6 Å². The second-order valence-corrected chi connectivity index (χ2v) is 7.52. The fourth-order valence-electron chi connectivity index (χ4n) is 3.64. The Morgan fingerprint density at radius 1 is 1.26 bits per heavy atom. The summed E-state index contributed by atoms with van der Waals surface area (Å²) < 4.78 is 0. The van der Waals surface area contributed by atoms with Gasteiger partial charge < -0.3 is 16.0 Å². The van der Waals surface area contributed by atoms with Gasteiger partial charge >= 0.3 is 11.8 Å². The van der Waals surface area contributed by atoms with Crippen molar-refractivity contribution < 1.29 is 9.59 Å². The number of nitrogens with zero attached hydrogens (tertiary/aromatic N) is 5. The minimum absolute atomic E-state index is 0.0639. The van der Waals surface area contributed by atoms with Gasteiger partial charge in [0.15, 0.2) is 0 Å². The Kier molecular flexibility index (Phi) is 5.45. The predicted octanol–water partition coefficient (Wildman–Crippen LogP) is 2.28. The summed E-state index contributed by atoms with van der Waals surface area (Å²) in [5, 5.41) is 12.9. The lowest BCUT2D eigenvalue weighted by molar-refractivity contribution is -0.143. The molecule has 0 aromatic carbocycles. The number of carbonyl (C=O) groups is 2. The Morgan fingerprint density at radius 2 is 2.03 bits per heavy atom. The minimum atomic E-state index is -0.757. The average Bonchev–Trinajstić information content (AvgIpc) is 2.78. The molecule has 0 aliphatic carbocycles. The number of nitrogens with two attached hydrogens (primary N) is 1. The van der Waals surface area contributed by atoms with Crippen LogP contribution in [0.4, 0.5) is 11.6 Å². The topological polar surface area (TPSA) is 138 Å². The van der Waals surface area contributed by atoms with Gasteiger partial charge in [-0.3, -0.25) is 14.6 Å². The molecule has 3 aromatic rings. The fraction of sp³-hybridized carbons (Fsp3) is 0.273. The maximum Gasteiger partial charge on any atom is 0.315 e. The SMILES string of the molecule is Cc1ccncc1-c1cc2cc(NC(=O)C(=O)N3CCC(C#N)CC3)ncc2c(N)n1. The number of hydrogen-bond donors (Lipinski definition) is 2. The highest BCUT2D eigenvalue weighted by Gasteiger charge is 2.27. The lowest BCUT2D eigenvalue weighted by Crippen LogP contribution is -2.44. The molecular weight excluding hydrogens is 394 g/mol. The van der Waals surface area contributed by atoms with Crippen LogP contribution in [-0.2, 0) is 9.59 Å². The van der Waals surface area contributed by atoms with Gasteiger partial charge in [0, 0.05) is 48.5 Å². The van der Waals surface area contributed by atoms with Crippen molar-refractivity contribution in [1.82, 2.24) is 19.9 Å². The summed E-state index contributed by atoms with van der Waals surface area (Å²) in [6.45, 7) is 2.75. The molecule has 0 atom stereocenters. The number of nitrogens with one attached hydrogen (secondary N) is 1. The van der Waals surface area contributed by atoms with Crippen molar-refractivity contribution in [2.24, 2.45) is 5.92 Å². The van der Waals surface area contributed by atoms with Gasteiger partial charge in [-0.05, 0) is 48.9 Å². The quantitative estimate of drug-likeness (QED) is 0.612. The molecule has 3 aromatic heterocycles. The first-order valence-corrected chi connectivity index (χ1v) is 9.93. The van der Waals surface area contributed by atoms with E-state index in [1.54, 1.807) is 18.5 Å². The molecule has 1 fully saturated rings. The molecule has 0 saturated carbocycles. The van der Waals surface area contributed by atoms with Crippen LogP contribution < -0.4 is 11.1 Å². The van der Waals surface area contributed by atoms with Crippen LogP contribution in [0.25, 0.3) is 22.0 Å². The number of amides is 2. The fourth-order valence-corrected chi connectivity index (χ4v) is 3.64. The molecule has 0 unspecified atom stereocenters. The molecule has 3 N–H and O–H groups in total. The molecule has 1 aliphatic heterocycles. The zero-order valence-electron chi connectivity index (χ0n) is 17.0. The number of fused-ring (bicyclic) bond motifs is 1. The zero-order chi connectivity index (χ0) is 22.0. The second-order valence-electron chi connectivity index (χ2n) is 7.52. The average molecular weight is 415 g/mol. The van der Waals surface area contributed by atoms with Crippen molar-refractivity contribution in [3.63, 3.8) is 0 Å². The van der Waals surface area contributed by atoms with E-state index in [0.717, 1.165) is 16.5 Å². The van der Waals surface area contributed by atoms with Crippen molar-refractivity contribution in [2.45, 2.75) is 19.8 Å². The molecule has 4 rings (SSSR count). The van der Waals surface area contributed by atoms with E-state index in [0.29, 0.717) is 42.8 Å². The van der Waals surface area contributed by atoms with E-state index in [4.69, 9.17) is 11.0 Å². The van der Waals surface area contributed by atoms with Crippen LogP contribution in [0.15, 0.2) is 36.8 Å². The summed E-state index contributed by atoms with van der Waals surface area (Å²) >= 11 is 0. The van der Waals surface area contributed by atoms with Gasteiger partial charge in [0.25, 0.3) is 0 Å². The number of pyridine rings is 3. The van der Waals surface area contributed by atoms with Gasteiger partial charge in [0.05, 0.1) is 11.8 Å². The molecule has 2 amide bonds. The normalized spacial score (nSPS) is 14.3. The van der Waals surface area contributed by atoms with Crippen LogP contribution in [0.2, 0.25) is 0 Å². The Morgan fingerprint density at radius 3 is 2.74 bits per heavy atom. The smallest absolute Gasteiger partial charge is 0.315 e. The number of nitriles is 1. The van der Waals surface area contributed by atoms with Gasteiger partial charge in [0.2, 0.25) is 0 Å². The first-order valence-electron chi connectivity index (χ1n) is 9.93. The molecule has 1 saturated heterocycles. The summed E-state index contributed by atoms with van der Waals surface area (Å²) in [6.07, 6.45) is 6.11. The van der Waals surface area contributed by atoms with E-state index < -0.39 is 11.8 Å². The molecule has 9 nitrogen and oxygen atoms in total. The monoisotopic (exact) mass is 415 g/mol. The third-order valence-corrected chi connectivity index (χ3v) is 5.46. The lowest BCUT2D eigenvalue weighted by atomic mass is 9.98. The van der Waals surface area contributed by atoms with E-state index in [1.807, 2.05) is 19.1 Å². The van der Waals surface area contributed by atoms with Crippen molar-refractivity contribution in [2.75, 3.05) is 24.1 Å². The minimum Gasteiger partial charge on any atom is -0.383 e. The Bertz CT molecular complexity index is 1210. The van der Waals surface area contributed by atoms with Gasteiger partial charge in [-0.15, -0.1) is 0 Å². The van der Waals surface area contributed by atoms with Gasteiger partial charge in [-0.2, -0.15) is 5.26 Å². The van der Waals surface area contributed by atoms with Crippen molar-refractivity contribution in [1.29, 1.82) is 5.26 Å². The summed E-state index contributed by atoms with van der Waals surface area (Å²) in [5.41, 5.74) is 8.65. The maximum absolute atomic E-state index is 12.5. The second kappa shape index (κ2) is 8.36. The molecule has 0 spiro atoms. The molecule has 0 radical (unpaired) electrons. The van der Waals surface area contributed by atoms with Crippen LogP contribution in [0, 0.1) is 24.2 Å². The van der Waals surface area contributed by atoms with Crippen LogP contribution in [0.3, 0.4) is 0 Å². The van der Waals surface area contributed by atoms with Gasteiger partial charge in [-0.25, -0.2) is 9.97 Å². The number of rotatable bonds is 2. The molecule has 0 bridgehead atoms. The predicted molar refractivity (Wildman–Crippen MR) is 115 cm³/mol. The number of anilines is 2. The Balaban J connectivity index is 1.56. The van der Waals surface area contributed by atoms with Gasteiger partial charge in [-0.1, -0.05) is 0 Å². The van der Waals surface area contributed by atoms with E-state index in [9.17, 15) is 9.59 Å². The number of aromatic nitrogens is 3. The molecule has 1 aliphatic rings. The Labute approximate surface area is 178 Å². The number of carbonyl (C=O) groups excluding carboxylic acids is 2. The summed E-state index contributed by atoms with van der Waals surface area (Å²) in [4.78, 5) is 39.2. The molecule has 31 heavy (non-hydrogen) atoms. The molecule has 156 valence electrons. The summed E-state index contributed by atoms with van der Waals surface area (Å²) in [5.74, 6) is -0.882. The van der Waals surface area contributed by atoms with Crippen molar-refractivity contribution in [3.05, 3.63) is 42.4 Å². The van der Waals surface area contributed by atoms with Crippen LogP contribution in [-0.4, -0.2) is 44.8 Å². The van der Waals surface area contributed by atoms with Crippen molar-refractivity contribution in [3.8, 4) is 17.3 Å². The van der Waals surface area contributed by atoms with Crippen molar-refractivity contribution >= 4 is 34.2 Å². The van der Waals surface area contributed by atoms with E-state index in [2.05, 4.69) is 26.3 Å². The number of piperidine rings is 1. The third-order valence-electron chi connectivity index (χ3n) is 5.46. The summed E-state index contributed by atoms with van der Waals surface area (Å²) in [7, 11) is 0. The molecule has 9 heteroatoms. The van der Waals surface area contributed by atoms with E-state index in [1.165, 1.54) is 11.1 Å². The van der Waals surface area contributed by atoms with E-state index >= 15 is 0 Å². The number of aryl methyl sites for hydroxylation is 1. The highest BCUT2D eigenvalue weighted by Crippen LogP contribution is 2.28. The van der Waals surface area contributed by atoms with Crippen LogP contribution in [0.1, 0.15) is 18.4 Å². The third kappa shape index (κ3) is 4.14. The van der Waals surface area contributed by atoms with Crippen LogP contribution in [0.5, 0.6) is 0 Å². The largest absolute Gasteiger partial charge is 0.383 e. The number of hydrogen-bond acceptors (Lipinski definition) is 7. The lowest BCUT2D eigenvalue weighted by Gasteiger charge is -2.28. The zero-order valence-corrected chi connectivity index (χ0v) is 17.0. The van der Waals surface area contributed by atoms with Crippen LogP contribution >= 0.6 is 0 Å². The Hall–Kier alpha value is -4.06. The first kappa shape index (κ1) is 20.2. The number of nitrogen functional groups attached to an aromatic ring is 1. The standard InChI is InChI=1S/C22H21N7O2/c1-13-2-5-25-11-16(13)18-8-15-9-19(26-12-17(15)20(24)27-18)28-21(30)22(31)29-6-3-14(10-23)4-7-29/h2,5,8-9,11-12,14H,3-4,6-7H2,1H3,(H2,24,27)(H,26,28,30). The maximum atomic E-state index is 12.5. The highest BCUT2D eigenvalue weighted by molar-refractivity contribution is 6.39. The number of likely N-dealkylation sites (tertiary alicyclic amines) is 1. The molecular formula is C22H21N7O2. The molecule has 4 heterocycles. The highest BCUT2D eigenvalue weighted by atomic mass is 16.2.